The van der Waals surface area contributed by atoms with Crippen molar-refractivity contribution in [2.45, 2.75) is 0 Å². The second-order valence-electron chi connectivity index (χ2n) is 5.47. The van der Waals surface area contributed by atoms with Gasteiger partial charge in [-0.2, -0.15) is 0 Å². The molecular formula is C19H10N2O. The second kappa shape index (κ2) is 3.98. The third-order valence-corrected chi connectivity index (χ3v) is 4.28. The lowest BCUT2D eigenvalue weighted by Gasteiger charge is -2.07. The second-order valence-corrected chi connectivity index (χ2v) is 5.47. The van der Waals surface area contributed by atoms with Crippen molar-refractivity contribution in [3.63, 3.8) is 0 Å². The number of benzene rings is 2. The van der Waals surface area contributed by atoms with E-state index in [2.05, 4.69) is 9.97 Å². The fourth-order valence-corrected chi connectivity index (χ4v) is 3.29. The number of carbonyl (C=O) groups is 1. The van der Waals surface area contributed by atoms with Gasteiger partial charge in [0.25, 0.3) is 0 Å². The van der Waals surface area contributed by atoms with Crippen LogP contribution >= 0.6 is 0 Å². The SMILES string of the molecule is O=C1c2ncc3ccccc3c2-c2c1ncc1ccccc21. The molecule has 3 nitrogen and oxygen atoms in total. The lowest BCUT2D eigenvalue weighted by molar-refractivity contribution is 0.103. The molecule has 0 bridgehead atoms. The Morgan fingerprint density at radius 3 is 1.59 bits per heavy atom. The Hall–Kier alpha value is -3.07. The first-order chi connectivity index (χ1) is 10.8. The van der Waals surface area contributed by atoms with E-state index in [1.165, 1.54) is 0 Å². The number of ketones is 1. The first-order valence-corrected chi connectivity index (χ1v) is 7.15. The Bertz CT molecular complexity index is 1010. The highest BCUT2D eigenvalue weighted by Gasteiger charge is 2.32. The van der Waals surface area contributed by atoms with Gasteiger partial charge in [0.2, 0.25) is 5.78 Å². The molecule has 2 heterocycles. The van der Waals surface area contributed by atoms with E-state index in [1.807, 2.05) is 48.5 Å². The quantitative estimate of drug-likeness (QED) is 0.431. The minimum Gasteiger partial charge on any atom is -0.285 e. The molecule has 1 aliphatic rings. The van der Waals surface area contributed by atoms with Gasteiger partial charge < -0.3 is 0 Å². The molecule has 0 saturated carbocycles. The van der Waals surface area contributed by atoms with E-state index in [9.17, 15) is 4.79 Å². The first kappa shape index (κ1) is 11.6. The maximum Gasteiger partial charge on any atom is 0.230 e. The van der Waals surface area contributed by atoms with Crippen molar-refractivity contribution in [3.8, 4) is 11.1 Å². The monoisotopic (exact) mass is 282 g/mol. The van der Waals surface area contributed by atoms with Crippen molar-refractivity contribution >= 4 is 27.3 Å². The number of hydrogen-bond donors (Lipinski definition) is 0. The summed E-state index contributed by atoms with van der Waals surface area (Å²) >= 11 is 0. The van der Waals surface area contributed by atoms with Gasteiger partial charge in [0.15, 0.2) is 0 Å². The zero-order chi connectivity index (χ0) is 14.7. The highest BCUT2D eigenvalue weighted by atomic mass is 16.1. The summed E-state index contributed by atoms with van der Waals surface area (Å²) in [5.41, 5.74) is 2.86. The van der Waals surface area contributed by atoms with Crippen molar-refractivity contribution in [3.05, 3.63) is 72.3 Å². The molecule has 102 valence electrons. The van der Waals surface area contributed by atoms with E-state index < -0.39 is 0 Å². The zero-order valence-corrected chi connectivity index (χ0v) is 11.6. The molecule has 0 unspecified atom stereocenters. The van der Waals surface area contributed by atoms with Gasteiger partial charge >= 0.3 is 0 Å². The van der Waals surface area contributed by atoms with Crippen LogP contribution in [0.5, 0.6) is 0 Å². The molecule has 4 aromatic rings. The standard InChI is InChI=1S/C19H10N2O/c22-19-17-15(13-7-3-1-5-11(13)9-20-17)16-14-8-4-2-6-12(14)10-21-18(16)19/h1-10H. The average Bonchev–Trinajstić information content (AvgIpc) is 2.88. The molecule has 0 fully saturated rings. The highest BCUT2D eigenvalue weighted by Crippen LogP contribution is 2.42. The Morgan fingerprint density at radius 1 is 0.636 bits per heavy atom. The molecule has 3 heteroatoms. The van der Waals surface area contributed by atoms with Crippen molar-refractivity contribution in [1.29, 1.82) is 0 Å². The predicted molar refractivity (Wildman–Crippen MR) is 85.9 cm³/mol. The van der Waals surface area contributed by atoms with E-state index in [-0.39, 0.29) is 5.78 Å². The minimum absolute atomic E-state index is 0.0819. The van der Waals surface area contributed by atoms with Crippen molar-refractivity contribution in [2.24, 2.45) is 0 Å². The molecule has 0 saturated heterocycles. The number of carbonyl (C=O) groups excluding carboxylic acids is 1. The lowest BCUT2D eigenvalue weighted by atomic mass is 9.98. The molecule has 5 rings (SSSR count). The number of hydrogen-bond acceptors (Lipinski definition) is 3. The molecule has 1 aliphatic carbocycles. The zero-order valence-electron chi connectivity index (χ0n) is 11.6. The largest absolute Gasteiger partial charge is 0.285 e. The fourth-order valence-electron chi connectivity index (χ4n) is 3.29. The summed E-state index contributed by atoms with van der Waals surface area (Å²) in [6, 6.07) is 16.1. The molecule has 0 atom stereocenters. The van der Waals surface area contributed by atoms with Crippen LogP contribution in [0.4, 0.5) is 0 Å². The van der Waals surface area contributed by atoms with Crippen molar-refractivity contribution in [1.82, 2.24) is 9.97 Å². The summed E-state index contributed by atoms with van der Waals surface area (Å²) < 4.78 is 0. The van der Waals surface area contributed by atoms with Crippen LogP contribution in [0.25, 0.3) is 32.7 Å². The van der Waals surface area contributed by atoms with Crippen LogP contribution in [0.15, 0.2) is 60.9 Å². The molecule has 0 spiro atoms. The van der Waals surface area contributed by atoms with Gasteiger partial charge in [0, 0.05) is 34.3 Å². The van der Waals surface area contributed by atoms with Crippen LogP contribution in [0.2, 0.25) is 0 Å². The number of pyridine rings is 2. The van der Waals surface area contributed by atoms with Gasteiger partial charge in [0.05, 0.1) is 0 Å². The number of fused-ring (bicyclic) bond motifs is 7. The van der Waals surface area contributed by atoms with Gasteiger partial charge in [-0.15, -0.1) is 0 Å². The smallest absolute Gasteiger partial charge is 0.230 e. The number of nitrogens with zero attached hydrogens (tertiary/aromatic N) is 2. The van der Waals surface area contributed by atoms with E-state index in [4.69, 9.17) is 0 Å². The maximum absolute atomic E-state index is 12.7. The van der Waals surface area contributed by atoms with Crippen LogP contribution < -0.4 is 0 Å². The molecule has 22 heavy (non-hydrogen) atoms. The average molecular weight is 282 g/mol. The first-order valence-electron chi connectivity index (χ1n) is 7.15. The lowest BCUT2D eigenvalue weighted by Crippen LogP contribution is -2.00. The van der Waals surface area contributed by atoms with Gasteiger partial charge in [0.1, 0.15) is 11.4 Å². The Labute approximate surface area is 126 Å². The fraction of sp³-hybridized carbons (Fsp3) is 0. The van der Waals surface area contributed by atoms with Gasteiger partial charge in [-0.3, -0.25) is 14.8 Å². The summed E-state index contributed by atoms with van der Waals surface area (Å²) in [5, 5.41) is 4.18. The number of rotatable bonds is 0. The summed E-state index contributed by atoms with van der Waals surface area (Å²) in [7, 11) is 0. The number of aromatic nitrogens is 2. The molecule has 2 aromatic carbocycles. The molecule has 0 radical (unpaired) electrons. The molecule has 0 aliphatic heterocycles. The van der Waals surface area contributed by atoms with Crippen molar-refractivity contribution in [2.75, 3.05) is 0 Å². The summed E-state index contributed by atoms with van der Waals surface area (Å²) in [4.78, 5) is 21.5. The Morgan fingerprint density at radius 2 is 1.09 bits per heavy atom. The van der Waals surface area contributed by atoms with E-state index in [1.54, 1.807) is 12.4 Å². The van der Waals surface area contributed by atoms with Crippen LogP contribution in [-0.2, 0) is 0 Å². The summed E-state index contributed by atoms with van der Waals surface area (Å²) in [6.45, 7) is 0. The third kappa shape index (κ3) is 1.33. The van der Waals surface area contributed by atoms with E-state index in [0.29, 0.717) is 11.4 Å². The van der Waals surface area contributed by atoms with E-state index >= 15 is 0 Å². The van der Waals surface area contributed by atoms with E-state index in [0.717, 1.165) is 32.7 Å². The maximum atomic E-state index is 12.7. The molecule has 2 aromatic heterocycles. The summed E-state index contributed by atoms with van der Waals surface area (Å²) in [5.74, 6) is -0.0819. The molecular weight excluding hydrogens is 272 g/mol. The van der Waals surface area contributed by atoms with Crippen LogP contribution in [0.1, 0.15) is 16.2 Å². The summed E-state index contributed by atoms with van der Waals surface area (Å²) in [6.07, 6.45) is 3.53. The van der Waals surface area contributed by atoms with Crippen molar-refractivity contribution < 1.29 is 4.79 Å². The minimum atomic E-state index is -0.0819. The molecule has 0 N–H and O–H groups in total. The van der Waals surface area contributed by atoms with Crippen LogP contribution in [0.3, 0.4) is 0 Å². The third-order valence-electron chi connectivity index (χ3n) is 4.28. The Balaban J connectivity index is 2.05. The topological polar surface area (TPSA) is 42.9 Å². The van der Waals surface area contributed by atoms with Crippen LogP contribution in [-0.4, -0.2) is 15.8 Å². The van der Waals surface area contributed by atoms with Gasteiger partial charge in [-0.05, 0) is 10.8 Å². The normalized spacial score (nSPS) is 12.6. The Kier molecular flexibility index (Phi) is 2.09. The van der Waals surface area contributed by atoms with Gasteiger partial charge in [-0.1, -0.05) is 48.5 Å². The van der Waals surface area contributed by atoms with Gasteiger partial charge in [-0.25, -0.2) is 0 Å². The highest BCUT2D eigenvalue weighted by molar-refractivity contribution is 6.27. The molecule has 0 amide bonds. The van der Waals surface area contributed by atoms with Crippen LogP contribution in [0, 0.1) is 0 Å². The predicted octanol–water partition coefficient (Wildman–Crippen LogP) is 3.99.